The Morgan fingerprint density at radius 3 is 2.56 bits per heavy atom. The molecule has 0 atom stereocenters. The maximum absolute atomic E-state index is 10.9. The van der Waals surface area contributed by atoms with Crippen molar-refractivity contribution in [3.8, 4) is 5.75 Å². The third-order valence-corrected chi connectivity index (χ3v) is 3.17. The lowest BCUT2D eigenvalue weighted by molar-refractivity contribution is 0.414. The van der Waals surface area contributed by atoms with Crippen LogP contribution in [0.1, 0.15) is 5.69 Å². The molecule has 0 aliphatic rings. The fraction of sp³-hybridized carbons (Fsp3) is 0.182. The normalized spacial score (nSPS) is 10.3. The van der Waals surface area contributed by atoms with E-state index in [1.54, 1.807) is 24.9 Å². The quantitative estimate of drug-likeness (QED) is 0.798. The molecule has 16 heavy (non-hydrogen) atoms. The lowest BCUT2D eigenvalue weighted by atomic mass is 10.3. The van der Waals surface area contributed by atoms with Gasteiger partial charge in [0, 0.05) is 22.4 Å². The highest BCUT2D eigenvalue weighted by Crippen LogP contribution is 2.23. The molecular formula is C11H12N2O2S. The van der Waals surface area contributed by atoms with Crippen molar-refractivity contribution in [2.75, 3.05) is 7.11 Å². The predicted molar refractivity (Wildman–Crippen MR) is 64.0 cm³/mol. The predicted octanol–water partition coefficient (Wildman–Crippen LogP) is 2.00. The van der Waals surface area contributed by atoms with Crippen molar-refractivity contribution >= 4 is 11.8 Å². The van der Waals surface area contributed by atoms with Crippen LogP contribution in [0.5, 0.6) is 5.75 Å². The van der Waals surface area contributed by atoms with Crippen molar-refractivity contribution in [1.29, 1.82) is 0 Å². The molecule has 0 saturated carbocycles. The standard InChI is InChI=1S/C11H12N2O2S/c1-15-9-2-4-10(5-3-9)16-7-8-6-11(14)13-12-8/h2-6H,7H2,1H3,(H2,12,13,14). The first-order valence-corrected chi connectivity index (χ1v) is 5.80. The molecule has 2 aromatic rings. The largest absolute Gasteiger partial charge is 0.497 e. The van der Waals surface area contributed by atoms with Gasteiger partial charge in [0.2, 0.25) is 0 Å². The summed E-state index contributed by atoms with van der Waals surface area (Å²) in [7, 11) is 1.65. The molecule has 0 radical (unpaired) electrons. The van der Waals surface area contributed by atoms with Crippen LogP contribution in [0.15, 0.2) is 40.0 Å². The minimum Gasteiger partial charge on any atom is -0.497 e. The van der Waals surface area contributed by atoms with Gasteiger partial charge >= 0.3 is 0 Å². The van der Waals surface area contributed by atoms with Crippen molar-refractivity contribution in [1.82, 2.24) is 10.2 Å². The average molecular weight is 236 g/mol. The lowest BCUT2D eigenvalue weighted by Crippen LogP contribution is -1.93. The van der Waals surface area contributed by atoms with E-state index in [0.29, 0.717) is 0 Å². The maximum Gasteiger partial charge on any atom is 0.264 e. The molecule has 0 fully saturated rings. The minimum absolute atomic E-state index is 0.0923. The number of H-pyrrole nitrogens is 2. The van der Waals surface area contributed by atoms with Crippen LogP contribution in [0.2, 0.25) is 0 Å². The molecule has 0 aliphatic carbocycles. The van der Waals surface area contributed by atoms with E-state index in [9.17, 15) is 4.79 Å². The summed E-state index contributed by atoms with van der Waals surface area (Å²) in [6.07, 6.45) is 0. The highest BCUT2D eigenvalue weighted by atomic mass is 32.2. The highest BCUT2D eigenvalue weighted by Gasteiger charge is 1.99. The Bertz CT molecular complexity index is 501. The average Bonchev–Trinajstić information content (AvgIpc) is 2.73. The monoisotopic (exact) mass is 236 g/mol. The van der Waals surface area contributed by atoms with Gasteiger partial charge in [0.15, 0.2) is 0 Å². The molecule has 0 unspecified atom stereocenters. The minimum atomic E-state index is -0.0923. The number of benzene rings is 1. The zero-order valence-electron chi connectivity index (χ0n) is 8.82. The zero-order chi connectivity index (χ0) is 11.4. The third-order valence-electron chi connectivity index (χ3n) is 2.11. The molecule has 4 nitrogen and oxygen atoms in total. The van der Waals surface area contributed by atoms with Crippen molar-refractivity contribution in [3.05, 3.63) is 46.4 Å². The maximum atomic E-state index is 10.9. The SMILES string of the molecule is COc1ccc(SCc2cc(=O)[nH][nH]2)cc1. The number of rotatable bonds is 4. The molecular weight excluding hydrogens is 224 g/mol. The zero-order valence-corrected chi connectivity index (χ0v) is 9.64. The summed E-state index contributed by atoms with van der Waals surface area (Å²) >= 11 is 1.66. The molecule has 1 aromatic heterocycles. The number of thioether (sulfide) groups is 1. The van der Waals surface area contributed by atoms with Gasteiger partial charge < -0.3 is 9.84 Å². The third kappa shape index (κ3) is 2.70. The van der Waals surface area contributed by atoms with E-state index in [2.05, 4.69) is 10.2 Å². The molecule has 0 bridgehead atoms. The molecule has 0 saturated heterocycles. The van der Waals surface area contributed by atoms with E-state index in [1.807, 2.05) is 24.3 Å². The fourth-order valence-electron chi connectivity index (χ4n) is 1.28. The van der Waals surface area contributed by atoms with Crippen LogP contribution in [-0.4, -0.2) is 17.3 Å². The molecule has 0 aliphatic heterocycles. The lowest BCUT2D eigenvalue weighted by Gasteiger charge is -2.02. The number of hydrogen-bond acceptors (Lipinski definition) is 3. The van der Waals surface area contributed by atoms with Gasteiger partial charge in [-0.2, -0.15) is 0 Å². The summed E-state index contributed by atoms with van der Waals surface area (Å²) in [5.41, 5.74) is 0.802. The van der Waals surface area contributed by atoms with Gasteiger partial charge in [0.05, 0.1) is 7.11 Å². The van der Waals surface area contributed by atoms with Crippen LogP contribution >= 0.6 is 11.8 Å². The summed E-state index contributed by atoms with van der Waals surface area (Å²) in [6.45, 7) is 0. The number of hydrogen-bond donors (Lipinski definition) is 2. The molecule has 2 rings (SSSR count). The molecule has 1 heterocycles. The Hall–Kier alpha value is -1.62. The van der Waals surface area contributed by atoms with E-state index in [0.717, 1.165) is 22.1 Å². The fourth-order valence-corrected chi connectivity index (χ4v) is 2.09. The molecule has 84 valence electrons. The summed E-state index contributed by atoms with van der Waals surface area (Å²) < 4.78 is 5.07. The molecule has 0 amide bonds. The summed E-state index contributed by atoms with van der Waals surface area (Å²) in [4.78, 5) is 12.0. The van der Waals surface area contributed by atoms with Gasteiger partial charge in [-0.25, -0.2) is 0 Å². The Labute approximate surface area is 97.0 Å². The second-order valence-electron chi connectivity index (χ2n) is 3.25. The van der Waals surface area contributed by atoms with Crippen molar-refractivity contribution < 1.29 is 4.74 Å². The van der Waals surface area contributed by atoms with Gasteiger partial charge in [-0.05, 0) is 24.3 Å². The first kappa shape index (κ1) is 10.9. The van der Waals surface area contributed by atoms with Gasteiger partial charge in [-0.3, -0.25) is 9.89 Å². The summed E-state index contributed by atoms with van der Waals surface area (Å²) in [6, 6.07) is 9.39. The highest BCUT2D eigenvalue weighted by molar-refractivity contribution is 7.98. The van der Waals surface area contributed by atoms with Gasteiger partial charge in [-0.15, -0.1) is 11.8 Å². The molecule has 0 spiro atoms. The topological polar surface area (TPSA) is 57.9 Å². The van der Waals surface area contributed by atoms with Crippen molar-refractivity contribution in [2.24, 2.45) is 0 Å². The van der Waals surface area contributed by atoms with Crippen molar-refractivity contribution in [2.45, 2.75) is 10.6 Å². The van der Waals surface area contributed by atoms with Gasteiger partial charge in [-0.1, -0.05) is 0 Å². The molecule has 5 heteroatoms. The first-order valence-electron chi connectivity index (χ1n) is 4.81. The smallest absolute Gasteiger partial charge is 0.264 e. The number of ether oxygens (including phenoxy) is 1. The Kier molecular flexibility index (Phi) is 3.36. The molecule has 2 N–H and O–H groups in total. The number of methoxy groups -OCH3 is 1. The number of aromatic amines is 2. The summed E-state index contributed by atoms with van der Waals surface area (Å²) in [5.74, 6) is 1.59. The van der Waals surface area contributed by atoms with Crippen LogP contribution in [0.3, 0.4) is 0 Å². The second-order valence-corrected chi connectivity index (χ2v) is 4.30. The van der Waals surface area contributed by atoms with Gasteiger partial charge in [0.25, 0.3) is 5.56 Å². The van der Waals surface area contributed by atoms with E-state index in [4.69, 9.17) is 4.74 Å². The molecule has 1 aromatic carbocycles. The first-order chi connectivity index (χ1) is 7.78. The van der Waals surface area contributed by atoms with E-state index in [1.165, 1.54) is 0 Å². The van der Waals surface area contributed by atoms with E-state index < -0.39 is 0 Å². The van der Waals surface area contributed by atoms with Crippen LogP contribution in [-0.2, 0) is 5.75 Å². The van der Waals surface area contributed by atoms with Crippen LogP contribution < -0.4 is 10.3 Å². The number of aromatic nitrogens is 2. The van der Waals surface area contributed by atoms with Crippen molar-refractivity contribution in [3.63, 3.8) is 0 Å². The number of nitrogens with one attached hydrogen (secondary N) is 2. The van der Waals surface area contributed by atoms with Crippen LogP contribution in [0.4, 0.5) is 0 Å². The van der Waals surface area contributed by atoms with Crippen LogP contribution in [0.25, 0.3) is 0 Å². The van der Waals surface area contributed by atoms with E-state index >= 15 is 0 Å². The van der Waals surface area contributed by atoms with Gasteiger partial charge in [0.1, 0.15) is 5.75 Å². The summed E-state index contributed by atoms with van der Waals surface area (Å²) in [5, 5.41) is 5.32. The Morgan fingerprint density at radius 1 is 1.25 bits per heavy atom. The van der Waals surface area contributed by atoms with E-state index in [-0.39, 0.29) is 5.56 Å². The van der Waals surface area contributed by atoms with Crippen LogP contribution in [0, 0.1) is 0 Å². The second kappa shape index (κ2) is 4.94. The Morgan fingerprint density at radius 2 is 2.00 bits per heavy atom. The Balaban J connectivity index is 1.96.